The summed E-state index contributed by atoms with van der Waals surface area (Å²) in [6.07, 6.45) is 5.43. The van der Waals surface area contributed by atoms with Crippen LogP contribution in [0.25, 0.3) is 0 Å². The number of carboxylic acid groups (broad SMARTS) is 1. The summed E-state index contributed by atoms with van der Waals surface area (Å²) in [5, 5.41) is 9.04. The van der Waals surface area contributed by atoms with Gasteiger partial charge in [-0.2, -0.15) is 0 Å². The van der Waals surface area contributed by atoms with Gasteiger partial charge in [-0.3, -0.25) is 4.79 Å². The average molecular weight is 290 g/mol. The molecule has 114 valence electrons. The zero-order valence-corrected chi connectivity index (χ0v) is 12.6. The molecule has 1 aliphatic carbocycles. The molecule has 0 bridgehead atoms. The number of carboxylic acids is 1. The number of aliphatic carboxylic acids is 1. The van der Waals surface area contributed by atoms with Gasteiger partial charge >= 0.3 is 5.97 Å². The molecule has 0 spiro atoms. The quantitative estimate of drug-likeness (QED) is 0.840. The summed E-state index contributed by atoms with van der Waals surface area (Å²) < 4.78 is 5.43. The molecule has 21 heavy (non-hydrogen) atoms. The van der Waals surface area contributed by atoms with E-state index in [0.29, 0.717) is 11.3 Å². The summed E-state index contributed by atoms with van der Waals surface area (Å²) in [5.41, 5.74) is -0.600. The Kier molecular flexibility index (Phi) is 4.66. The summed E-state index contributed by atoms with van der Waals surface area (Å²) in [5.74, 6) is -0.229. The average Bonchev–Trinajstić information content (AvgIpc) is 2.48. The molecule has 0 amide bonds. The van der Waals surface area contributed by atoms with Gasteiger partial charge in [0, 0.05) is 11.5 Å². The van der Waals surface area contributed by atoms with Crippen LogP contribution < -0.4 is 4.74 Å². The topological polar surface area (TPSA) is 63.6 Å². The lowest BCUT2D eigenvalue weighted by Gasteiger charge is -2.22. The highest BCUT2D eigenvalue weighted by molar-refractivity contribution is 5.98. The monoisotopic (exact) mass is 290 g/mol. The van der Waals surface area contributed by atoms with Crippen LogP contribution in [-0.2, 0) is 4.79 Å². The van der Waals surface area contributed by atoms with E-state index in [1.807, 2.05) is 0 Å². The number of hydrogen-bond acceptors (Lipinski definition) is 3. The molecule has 0 unspecified atom stereocenters. The molecular formula is C17H22O4. The molecule has 1 aliphatic rings. The van der Waals surface area contributed by atoms with E-state index in [0.717, 1.165) is 25.7 Å². The Morgan fingerprint density at radius 3 is 2.19 bits per heavy atom. The third-order valence-electron chi connectivity index (χ3n) is 4.00. The van der Waals surface area contributed by atoms with Crippen molar-refractivity contribution in [2.75, 3.05) is 0 Å². The molecule has 1 N–H and O–H groups in total. The lowest BCUT2D eigenvalue weighted by molar-refractivity contribution is -0.152. The Hall–Kier alpha value is -1.84. The van der Waals surface area contributed by atoms with Crippen molar-refractivity contribution >= 4 is 11.8 Å². The highest BCUT2D eigenvalue weighted by atomic mass is 16.5. The van der Waals surface area contributed by atoms with E-state index < -0.39 is 11.6 Å². The second kappa shape index (κ2) is 6.29. The first kappa shape index (κ1) is 15.5. The van der Waals surface area contributed by atoms with Crippen LogP contribution in [0.3, 0.4) is 0 Å². The second-order valence-corrected chi connectivity index (χ2v) is 6.14. The molecule has 0 radical (unpaired) electrons. The Labute approximate surface area is 125 Å². The van der Waals surface area contributed by atoms with Gasteiger partial charge in [0.15, 0.2) is 11.4 Å². The van der Waals surface area contributed by atoms with Crippen molar-refractivity contribution in [2.24, 2.45) is 5.92 Å². The maximum atomic E-state index is 12.4. The summed E-state index contributed by atoms with van der Waals surface area (Å²) in [6.45, 7) is 2.99. The standard InChI is InChI=1S/C17H22O4/c1-17(2,16(19)20)21-14-10-8-13(9-11-14)15(18)12-6-4-3-5-7-12/h8-12H,3-7H2,1-2H3,(H,19,20). The Morgan fingerprint density at radius 2 is 1.67 bits per heavy atom. The second-order valence-electron chi connectivity index (χ2n) is 6.14. The van der Waals surface area contributed by atoms with Crippen molar-refractivity contribution in [1.29, 1.82) is 0 Å². The Bertz CT molecular complexity index is 510. The Morgan fingerprint density at radius 1 is 1.10 bits per heavy atom. The molecule has 4 nitrogen and oxygen atoms in total. The minimum absolute atomic E-state index is 0.140. The van der Waals surface area contributed by atoms with Crippen molar-refractivity contribution in [3.05, 3.63) is 29.8 Å². The molecule has 1 saturated carbocycles. The van der Waals surface area contributed by atoms with Gasteiger partial charge in [0.25, 0.3) is 0 Å². The Balaban J connectivity index is 2.04. The predicted octanol–water partition coefficient (Wildman–Crippen LogP) is 3.69. The van der Waals surface area contributed by atoms with Crippen molar-refractivity contribution in [3.8, 4) is 5.75 Å². The van der Waals surface area contributed by atoms with Crippen LogP contribution >= 0.6 is 0 Å². The molecule has 0 heterocycles. The number of benzene rings is 1. The van der Waals surface area contributed by atoms with E-state index in [2.05, 4.69) is 0 Å². The minimum Gasteiger partial charge on any atom is -0.478 e. The lowest BCUT2D eigenvalue weighted by Crippen LogP contribution is -2.37. The molecule has 0 atom stereocenters. The number of rotatable bonds is 5. The van der Waals surface area contributed by atoms with Gasteiger partial charge in [-0.05, 0) is 51.0 Å². The smallest absolute Gasteiger partial charge is 0.347 e. The van der Waals surface area contributed by atoms with E-state index in [4.69, 9.17) is 9.84 Å². The third kappa shape index (κ3) is 3.84. The largest absolute Gasteiger partial charge is 0.478 e. The van der Waals surface area contributed by atoms with Gasteiger partial charge in [0.05, 0.1) is 0 Å². The maximum absolute atomic E-state index is 12.4. The number of ether oxygens (including phenoxy) is 1. The fraction of sp³-hybridized carbons (Fsp3) is 0.529. The van der Waals surface area contributed by atoms with Gasteiger partial charge in [-0.15, -0.1) is 0 Å². The predicted molar refractivity (Wildman–Crippen MR) is 79.7 cm³/mol. The van der Waals surface area contributed by atoms with Crippen LogP contribution in [0.4, 0.5) is 0 Å². The van der Waals surface area contributed by atoms with Crippen molar-refractivity contribution in [1.82, 2.24) is 0 Å². The first-order valence-electron chi connectivity index (χ1n) is 7.47. The van der Waals surface area contributed by atoms with Gasteiger partial charge < -0.3 is 9.84 Å². The fourth-order valence-electron chi connectivity index (χ4n) is 2.63. The molecule has 1 fully saturated rings. The van der Waals surface area contributed by atoms with E-state index in [1.165, 1.54) is 20.3 Å². The lowest BCUT2D eigenvalue weighted by atomic mass is 9.84. The van der Waals surface area contributed by atoms with Crippen LogP contribution in [0.2, 0.25) is 0 Å². The molecule has 0 aliphatic heterocycles. The summed E-state index contributed by atoms with van der Waals surface area (Å²) in [7, 11) is 0. The number of carbonyl (C=O) groups is 2. The van der Waals surface area contributed by atoms with E-state index >= 15 is 0 Å². The van der Waals surface area contributed by atoms with Crippen LogP contribution in [0, 0.1) is 5.92 Å². The highest BCUT2D eigenvalue weighted by Crippen LogP contribution is 2.28. The van der Waals surface area contributed by atoms with Crippen LogP contribution in [0.5, 0.6) is 5.75 Å². The van der Waals surface area contributed by atoms with Crippen molar-refractivity contribution in [3.63, 3.8) is 0 Å². The number of Topliss-reactive ketones (excluding diaryl/α,β-unsaturated/α-hetero) is 1. The summed E-state index contributed by atoms with van der Waals surface area (Å²) >= 11 is 0. The van der Waals surface area contributed by atoms with Crippen molar-refractivity contribution < 1.29 is 19.4 Å². The highest BCUT2D eigenvalue weighted by Gasteiger charge is 2.29. The summed E-state index contributed by atoms with van der Waals surface area (Å²) in [4.78, 5) is 23.4. The normalized spacial score (nSPS) is 16.5. The zero-order chi connectivity index (χ0) is 15.5. The van der Waals surface area contributed by atoms with Gasteiger partial charge in [-0.1, -0.05) is 19.3 Å². The maximum Gasteiger partial charge on any atom is 0.347 e. The van der Waals surface area contributed by atoms with Gasteiger partial charge in [0.2, 0.25) is 0 Å². The minimum atomic E-state index is -1.28. The van der Waals surface area contributed by atoms with E-state index in [-0.39, 0.29) is 11.7 Å². The number of carbonyl (C=O) groups excluding carboxylic acids is 1. The van der Waals surface area contributed by atoms with Gasteiger partial charge in [0.1, 0.15) is 5.75 Å². The fourth-order valence-corrected chi connectivity index (χ4v) is 2.63. The molecule has 0 aromatic heterocycles. The molecule has 4 heteroatoms. The molecule has 1 aromatic carbocycles. The first-order valence-corrected chi connectivity index (χ1v) is 7.47. The summed E-state index contributed by atoms with van der Waals surface area (Å²) in [6, 6.07) is 6.79. The number of hydrogen-bond donors (Lipinski definition) is 1. The molecular weight excluding hydrogens is 268 g/mol. The first-order chi connectivity index (χ1) is 9.90. The van der Waals surface area contributed by atoms with E-state index in [1.54, 1.807) is 24.3 Å². The van der Waals surface area contributed by atoms with Gasteiger partial charge in [-0.25, -0.2) is 4.79 Å². The van der Waals surface area contributed by atoms with Crippen LogP contribution in [-0.4, -0.2) is 22.5 Å². The van der Waals surface area contributed by atoms with Crippen LogP contribution in [0.1, 0.15) is 56.3 Å². The van der Waals surface area contributed by atoms with Crippen molar-refractivity contribution in [2.45, 2.75) is 51.6 Å². The number of ketones is 1. The molecule has 0 saturated heterocycles. The molecule has 2 rings (SSSR count). The zero-order valence-electron chi connectivity index (χ0n) is 12.6. The SMILES string of the molecule is CC(C)(Oc1ccc(C(=O)C2CCCCC2)cc1)C(=O)O. The molecule has 1 aromatic rings. The van der Waals surface area contributed by atoms with E-state index in [9.17, 15) is 9.59 Å². The van der Waals surface area contributed by atoms with Crippen LogP contribution in [0.15, 0.2) is 24.3 Å². The third-order valence-corrected chi connectivity index (χ3v) is 4.00.